The Morgan fingerprint density at radius 2 is 1.67 bits per heavy atom. The highest BCUT2D eigenvalue weighted by Gasteiger charge is 2.45. The predicted octanol–water partition coefficient (Wildman–Crippen LogP) is 3.35. The molecule has 2 aliphatic rings. The van der Waals surface area contributed by atoms with Gasteiger partial charge in [0.25, 0.3) is 0 Å². The molecule has 0 radical (unpaired) electrons. The molecule has 0 bridgehead atoms. The maximum Gasteiger partial charge on any atom is 0.206 e. The molecule has 30 heavy (non-hydrogen) atoms. The van der Waals surface area contributed by atoms with Crippen molar-refractivity contribution in [3.8, 4) is 23.3 Å². The van der Waals surface area contributed by atoms with Gasteiger partial charge in [-0.1, -0.05) is 18.2 Å². The standard InChI is InChI=1S/C22H20N2O5S/c1-12-15(11-23)19(13-9-16(27-2)21(29-4)17(10-13)28-3)22-20(24-12)14-7-5-6-8-18(14)30(22,25)26/h5-10,19,24H,1-4H3. The molecular weight excluding hydrogens is 404 g/mol. The lowest BCUT2D eigenvalue weighted by molar-refractivity contribution is 0.323. The van der Waals surface area contributed by atoms with Crippen LogP contribution in [0.4, 0.5) is 0 Å². The van der Waals surface area contributed by atoms with E-state index in [9.17, 15) is 13.7 Å². The molecule has 2 aromatic rings. The number of benzene rings is 2. The molecule has 0 aromatic heterocycles. The number of nitrogens with zero attached hydrogens (tertiary/aromatic N) is 1. The second-order valence-corrected chi connectivity index (χ2v) is 8.79. The lowest BCUT2D eigenvalue weighted by atomic mass is 9.86. The van der Waals surface area contributed by atoms with Gasteiger partial charge in [0, 0.05) is 11.3 Å². The second kappa shape index (κ2) is 7.11. The van der Waals surface area contributed by atoms with Crippen molar-refractivity contribution < 1.29 is 22.6 Å². The summed E-state index contributed by atoms with van der Waals surface area (Å²) in [6, 6.07) is 12.4. The zero-order valence-electron chi connectivity index (χ0n) is 16.9. The summed E-state index contributed by atoms with van der Waals surface area (Å²) in [6.45, 7) is 1.76. The maximum atomic E-state index is 13.5. The van der Waals surface area contributed by atoms with Gasteiger partial charge in [-0.05, 0) is 30.7 Å². The SMILES string of the molecule is COc1cc(C2C(C#N)=C(C)NC3=C2S(=O)(=O)c2ccccc23)cc(OC)c1OC. The van der Waals surface area contributed by atoms with E-state index in [2.05, 4.69) is 11.4 Å². The zero-order chi connectivity index (χ0) is 21.6. The van der Waals surface area contributed by atoms with Gasteiger partial charge < -0.3 is 19.5 Å². The number of sulfone groups is 1. The fraction of sp³-hybridized carbons (Fsp3) is 0.227. The summed E-state index contributed by atoms with van der Waals surface area (Å²) in [5, 5.41) is 13.0. The van der Waals surface area contributed by atoms with Gasteiger partial charge in [-0.3, -0.25) is 0 Å². The minimum atomic E-state index is -3.81. The van der Waals surface area contributed by atoms with Gasteiger partial charge in [0.05, 0.1) is 54.4 Å². The van der Waals surface area contributed by atoms with Gasteiger partial charge in [-0.15, -0.1) is 0 Å². The Labute approximate surface area is 175 Å². The second-order valence-electron chi connectivity index (χ2n) is 6.91. The summed E-state index contributed by atoms with van der Waals surface area (Å²) >= 11 is 0. The molecule has 1 unspecified atom stereocenters. The van der Waals surface area contributed by atoms with Crippen LogP contribution in [0.2, 0.25) is 0 Å². The highest BCUT2D eigenvalue weighted by molar-refractivity contribution is 7.96. The molecule has 154 valence electrons. The monoisotopic (exact) mass is 424 g/mol. The molecule has 0 amide bonds. The van der Waals surface area contributed by atoms with Crippen molar-refractivity contribution in [3.05, 3.63) is 63.7 Å². The largest absolute Gasteiger partial charge is 0.493 e. The predicted molar refractivity (Wildman–Crippen MR) is 111 cm³/mol. The van der Waals surface area contributed by atoms with Gasteiger partial charge in [0.15, 0.2) is 11.5 Å². The Hall–Kier alpha value is -3.44. The number of nitrogens with one attached hydrogen (secondary N) is 1. The third-order valence-electron chi connectivity index (χ3n) is 5.39. The number of fused-ring (bicyclic) bond motifs is 2. The fourth-order valence-corrected chi connectivity index (χ4v) is 6.01. The molecule has 0 saturated heterocycles. The van der Waals surface area contributed by atoms with E-state index in [1.807, 2.05) is 0 Å². The van der Waals surface area contributed by atoms with E-state index in [1.165, 1.54) is 21.3 Å². The number of allylic oxidation sites excluding steroid dienone is 3. The highest BCUT2D eigenvalue weighted by atomic mass is 32.2. The number of hydrogen-bond acceptors (Lipinski definition) is 7. The molecular formula is C22H20N2O5S. The molecule has 1 N–H and O–H groups in total. The number of hydrogen-bond donors (Lipinski definition) is 1. The summed E-state index contributed by atoms with van der Waals surface area (Å²) in [7, 11) is 0.665. The van der Waals surface area contributed by atoms with Crippen LogP contribution in [-0.2, 0) is 9.84 Å². The molecule has 1 atom stereocenters. The van der Waals surface area contributed by atoms with Crippen molar-refractivity contribution in [1.82, 2.24) is 5.32 Å². The van der Waals surface area contributed by atoms with Crippen LogP contribution in [-0.4, -0.2) is 29.7 Å². The van der Waals surface area contributed by atoms with Crippen LogP contribution in [0.15, 0.2) is 57.5 Å². The Bertz CT molecular complexity index is 1240. The number of ether oxygens (including phenoxy) is 3. The average molecular weight is 424 g/mol. The van der Waals surface area contributed by atoms with E-state index >= 15 is 0 Å². The van der Waals surface area contributed by atoms with Crippen LogP contribution in [0.5, 0.6) is 17.2 Å². The van der Waals surface area contributed by atoms with Gasteiger partial charge in [0.1, 0.15) is 0 Å². The molecule has 0 aliphatic carbocycles. The minimum Gasteiger partial charge on any atom is -0.493 e. The van der Waals surface area contributed by atoms with Crippen molar-refractivity contribution in [2.24, 2.45) is 0 Å². The van der Waals surface area contributed by atoms with E-state index in [0.717, 1.165) is 0 Å². The van der Waals surface area contributed by atoms with Crippen LogP contribution >= 0.6 is 0 Å². The van der Waals surface area contributed by atoms with E-state index in [1.54, 1.807) is 43.3 Å². The van der Waals surface area contributed by atoms with E-state index in [4.69, 9.17) is 14.2 Å². The quantitative estimate of drug-likeness (QED) is 0.804. The van der Waals surface area contributed by atoms with Crippen molar-refractivity contribution in [3.63, 3.8) is 0 Å². The van der Waals surface area contributed by atoms with Crippen LogP contribution in [0.3, 0.4) is 0 Å². The van der Waals surface area contributed by atoms with E-state index in [0.29, 0.717) is 45.3 Å². The zero-order valence-corrected chi connectivity index (χ0v) is 17.8. The Morgan fingerprint density at radius 3 is 2.23 bits per heavy atom. The first-order chi connectivity index (χ1) is 14.4. The first-order valence-corrected chi connectivity index (χ1v) is 10.6. The summed E-state index contributed by atoms with van der Waals surface area (Å²) in [4.78, 5) is 0.382. The van der Waals surface area contributed by atoms with Gasteiger partial charge in [0.2, 0.25) is 15.6 Å². The lowest BCUT2D eigenvalue weighted by Crippen LogP contribution is -2.24. The topological polar surface area (TPSA) is 97.7 Å². The third kappa shape index (κ3) is 2.66. The number of nitriles is 1. The molecule has 8 heteroatoms. The molecule has 2 heterocycles. The first-order valence-electron chi connectivity index (χ1n) is 9.15. The summed E-state index contributed by atoms with van der Waals surface area (Å²) in [5.74, 6) is 0.354. The van der Waals surface area contributed by atoms with Crippen LogP contribution in [0.25, 0.3) is 5.70 Å². The maximum absolute atomic E-state index is 13.5. The Morgan fingerprint density at radius 1 is 1.03 bits per heavy atom. The number of dihydropyridines is 1. The third-order valence-corrected chi connectivity index (χ3v) is 7.34. The van der Waals surface area contributed by atoms with Crippen molar-refractivity contribution in [2.45, 2.75) is 17.7 Å². The van der Waals surface area contributed by atoms with Crippen LogP contribution < -0.4 is 19.5 Å². The molecule has 7 nitrogen and oxygen atoms in total. The van der Waals surface area contributed by atoms with E-state index in [-0.39, 0.29) is 9.80 Å². The smallest absolute Gasteiger partial charge is 0.206 e. The fourth-order valence-electron chi connectivity index (χ4n) is 4.06. The number of methoxy groups -OCH3 is 3. The summed E-state index contributed by atoms with van der Waals surface area (Å²) in [5.41, 5.74) is 2.58. The van der Waals surface area contributed by atoms with Crippen LogP contribution in [0.1, 0.15) is 24.0 Å². The van der Waals surface area contributed by atoms with Crippen LogP contribution in [0, 0.1) is 11.3 Å². The lowest BCUT2D eigenvalue weighted by Gasteiger charge is -2.27. The highest BCUT2D eigenvalue weighted by Crippen LogP contribution is 2.52. The molecule has 0 fully saturated rings. The molecule has 0 spiro atoms. The molecule has 2 aliphatic heterocycles. The first kappa shape index (κ1) is 19.9. The summed E-state index contributed by atoms with van der Waals surface area (Å²) < 4.78 is 43.2. The normalized spacial score (nSPS) is 18.8. The average Bonchev–Trinajstić information content (AvgIpc) is 2.98. The Balaban J connectivity index is 2.03. The summed E-state index contributed by atoms with van der Waals surface area (Å²) in [6.07, 6.45) is 0. The van der Waals surface area contributed by atoms with Crippen molar-refractivity contribution >= 4 is 15.5 Å². The van der Waals surface area contributed by atoms with E-state index < -0.39 is 15.8 Å². The van der Waals surface area contributed by atoms with Gasteiger partial charge >= 0.3 is 0 Å². The number of rotatable bonds is 4. The molecule has 2 aromatic carbocycles. The minimum absolute atomic E-state index is 0.153. The Kier molecular flexibility index (Phi) is 4.71. The molecule has 4 rings (SSSR count). The van der Waals surface area contributed by atoms with Gasteiger partial charge in [-0.25, -0.2) is 8.42 Å². The van der Waals surface area contributed by atoms with Crippen molar-refractivity contribution in [1.29, 1.82) is 5.26 Å². The van der Waals surface area contributed by atoms with Gasteiger partial charge in [-0.2, -0.15) is 5.26 Å². The van der Waals surface area contributed by atoms with Crippen molar-refractivity contribution in [2.75, 3.05) is 21.3 Å². The molecule has 0 saturated carbocycles.